The number of nitrogens with zero attached hydrogens (tertiary/aromatic N) is 1. The highest BCUT2D eigenvalue weighted by molar-refractivity contribution is 6.30. The van der Waals surface area contributed by atoms with E-state index >= 15 is 0 Å². The molecule has 3 rings (SSSR count). The zero-order valence-corrected chi connectivity index (χ0v) is 21.5. The summed E-state index contributed by atoms with van der Waals surface area (Å²) in [7, 11) is 0. The molecule has 1 unspecified atom stereocenters. The highest BCUT2D eigenvalue weighted by atomic mass is 35.5. The molecule has 35 heavy (non-hydrogen) atoms. The maximum atomic E-state index is 13.6. The fourth-order valence-corrected chi connectivity index (χ4v) is 4.16. The Hall–Kier alpha value is -3.31. The summed E-state index contributed by atoms with van der Waals surface area (Å²) in [5.74, 6) is 0.174. The molecule has 3 aromatic rings. The van der Waals surface area contributed by atoms with Crippen molar-refractivity contribution in [3.8, 4) is 5.75 Å². The summed E-state index contributed by atoms with van der Waals surface area (Å²) in [6.45, 7) is 7.83. The van der Waals surface area contributed by atoms with Gasteiger partial charge in [-0.25, -0.2) is 0 Å². The summed E-state index contributed by atoms with van der Waals surface area (Å²) in [5.41, 5.74) is 3.89. The third-order valence-corrected chi connectivity index (χ3v) is 5.86. The van der Waals surface area contributed by atoms with Gasteiger partial charge in [0.25, 0.3) is 5.91 Å². The van der Waals surface area contributed by atoms with Crippen molar-refractivity contribution in [3.63, 3.8) is 0 Å². The van der Waals surface area contributed by atoms with Crippen LogP contribution in [0.1, 0.15) is 36.1 Å². The topological polar surface area (TPSA) is 58.6 Å². The molecule has 0 aliphatic heterocycles. The summed E-state index contributed by atoms with van der Waals surface area (Å²) in [5, 5.41) is 3.56. The minimum absolute atomic E-state index is 0.0599. The molecule has 0 saturated carbocycles. The lowest BCUT2D eigenvalue weighted by Crippen LogP contribution is -2.52. The van der Waals surface area contributed by atoms with E-state index in [0.717, 1.165) is 22.3 Å². The molecule has 0 spiro atoms. The van der Waals surface area contributed by atoms with Gasteiger partial charge in [0.05, 0.1) is 0 Å². The number of carbonyl (C=O) groups is 2. The van der Waals surface area contributed by atoms with Gasteiger partial charge in [0.15, 0.2) is 6.61 Å². The zero-order valence-electron chi connectivity index (χ0n) is 20.8. The Morgan fingerprint density at radius 1 is 0.943 bits per heavy atom. The van der Waals surface area contributed by atoms with Gasteiger partial charge >= 0.3 is 0 Å². The first-order valence-corrected chi connectivity index (χ1v) is 12.2. The number of hydrogen-bond acceptors (Lipinski definition) is 3. The van der Waals surface area contributed by atoms with Gasteiger partial charge in [-0.3, -0.25) is 9.59 Å². The van der Waals surface area contributed by atoms with E-state index in [4.69, 9.17) is 16.3 Å². The third-order valence-electron chi connectivity index (χ3n) is 5.63. The van der Waals surface area contributed by atoms with E-state index in [0.29, 0.717) is 17.2 Å². The fourth-order valence-electron chi connectivity index (χ4n) is 3.95. The monoisotopic (exact) mass is 492 g/mol. The molecular formula is C29H33ClN2O3. The predicted molar refractivity (Wildman–Crippen MR) is 141 cm³/mol. The average molecular weight is 493 g/mol. The van der Waals surface area contributed by atoms with Gasteiger partial charge in [-0.1, -0.05) is 71.8 Å². The molecule has 0 fully saturated rings. The molecule has 0 aliphatic carbocycles. The Balaban J connectivity index is 1.92. The van der Waals surface area contributed by atoms with Crippen molar-refractivity contribution in [2.75, 3.05) is 6.61 Å². The van der Waals surface area contributed by atoms with Crippen LogP contribution in [0.4, 0.5) is 0 Å². The van der Waals surface area contributed by atoms with E-state index in [1.165, 1.54) is 0 Å². The van der Waals surface area contributed by atoms with Crippen molar-refractivity contribution in [2.24, 2.45) is 0 Å². The number of benzene rings is 3. The normalized spacial score (nSPS) is 11.7. The minimum atomic E-state index is -0.714. The molecule has 0 bridgehead atoms. The molecular weight excluding hydrogens is 460 g/mol. The third kappa shape index (κ3) is 7.86. The molecule has 5 nitrogen and oxygen atoms in total. The molecule has 1 N–H and O–H groups in total. The average Bonchev–Trinajstić information content (AvgIpc) is 2.81. The van der Waals surface area contributed by atoms with Gasteiger partial charge in [-0.15, -0.1) is 0 Å². The summed E-state index contributed by atoms with van der Waals surface area (Å²) in [6.07, 6.45) is 0.384. The van der Waals surface area contributed by atoms with Gasteiger partial charge in [0, 0.05) is 24.0 Å². The molecule has 0 radical (unpaired) electrons. The minimum Gasteiger partial charge on any atom is -0.483 e. The Bertz CT molecular complexity index is 1150. The van der Waals surface area contributed by atoms with E-state index < -0.39 is 6.04 Å². The molecule has 184 valence electrons. The van der Waals surface area contributed by atoms with Crippen LogP contribution >= 0.6 is 11.6 Å². The van der Waals surface area contributed by atoms with Crippen LogP contribution in [0, 0.1) is 13.8 Å². The highest BCUT2D eigenvalue weighted by Crippen LogP contribution is 2.21. The van der Waals surface area contributed by atoms with Crippen LogP contribution in [0.5, 0.6) is 5.75 Å². The first-order chi connectivity index (χ1) is 16.7. The van der Waals surface area contributed by atoms with Crippen molar-refractivity contribution in [2.45, 2.75) is 52.7 Å². The first kappa shape index (κ1) is 26.3. The number of carbonyl (C=O) groups excluding carboxylic acids is 2. The van der Waals surface area contributed by atoms with Gasteiger partial charge in [0.2, 0.25) is 5.91 Å². The van der Waals surface area contributed by atoms with Crippen molar-refractivity contribution in [1.29, 1.82) is 0 Å². The fraction of sp³-hybridized carbons (Fsp3) is 0.310. The van der Waals surface area contributed by atoms with Crippen LogP contribution in [0.25, 0.3) is 0 Å². The summed E-state index contributed by atoms with van der Waals surface area (Å²) < 4.78 is 5.91. The molecule has 6 heteroatoms. The number of rotatable bonds is 10. The second-order valence-corrected chi connectivity index (χ2v) is 9.51. The molecule has 2 amide bonds. The van der Waals surface area contributed by atoms with Gasteiger partial charge in [-0.2, -0.15) is 0 Å². The number of hydrogen-bond donors (Lipinski definition) is 1. The summed E-state index contributed by atoms with van der Waals surface area (Å²) >= 11 is 6.21. The largest absolute Gasteiger partial charge is 0.483 e. The first-order valence-electron chi connectivity index (χ1n) is 11.8. The van der Waals surface area contributed by atoms with Crippen molar-refractivity contribution >= 4 is 23.4 Å². The Morgan fingerprint density at radius 3 is 2.31 bits per heavy atom. The molecule has 1 atom stereocenters. The molecule has 0 heterocycles. The van der Waals surface area contributed by atoms with Gasteiger partial charge in [-0.05, 0) is 62.6 Å². The Labute approximate surface area is 213 Å². The standard InChI is InChI=1S/C29H33ClN2O3/c1-20(2)31-29(34)26(17-23-9-6-5-7-10-23)32(18-24-11-8-12-25(30)16-24)28(33)19-35-27-14-13-21(3)15-22(27)4/h5-16,20,26H,17-19H2,1-4H3,(H,31,34). The lowest BCUT2D eigenvalue weighted by atomic mass is 10.0. The summed E-state index contributed by atoms with van der Waals surface area (Å²) in [4.78, 5) is 28.5. The molecule has 3 aromatic carbocycles. The Morgan fingerprint density at radius 2 is 1.66 bits per heavy atom. The predicted octanol–water partition coefficient (Wildman–Crippen LogP) is 5.50. The van der Waals surface area contributed by atoms with E-state index in [1.54, 1.807) is 11.0 Å². The van der Waals surface area contributed by atoms with Gasteiger partial charge < -0.3 is 15.0 Å². The number of aryl methyl sites for hydroxylation is 2. The quantitative estimate of drug-likeness (QED) is 0.406. The van der Waals surface area contributed by atoms with Crippen LogP contribution in [0.2, 0.25) is 5.02 Å². The lowest BCUT2D eigenvalue weighted by molar-refractivity contribution is -0.143. The molecule has 0 saturated heterocycles. The number of nitrogens with one attached hydrogen (secondary N) is 1. The van der Waals surface area contributed by atoms with Gasteiger partial charge in [0.1, 0.15) is 11.8 Å². The number of amides is 2. The van der Waals surface area contributed by atoms with Crippen LogP contribution in [0.15, 0.2) is 72.8 Å². The van der Waals surface area contributed by atoms with E-state index in [1.807, 2.05) is 94.4 Å². The van der Waals surface area contributed by atoms with Crippen LogP contribution < -0.4 is 10.1 Å². The van der Waals surface area contributed by atoms with Crippen molar-refractivity contribution in [1.82, 2.24) is 10.2 Å². The SMILES string of the molecule is Cc1ccc(OCC(=O)N(Cc2cccc(Cl)c2)C(Cc2ccccc2)C(=O)NC(C)C)c(C)c1. The second kappa shape index (κ2) is 12.4. The van der Waals surface area contributed by atoms with Crippen LogP contribution in [0.3, 0.4) is 0 Å². The molecule has 0 aliphatic rings. The highest BCUT2D eigenvalue weighted by Gasteiger charge is 2.31. The van der Waals surface area contributed by atoms with Crippen molar-refractivity contribution in [3.05, 3.63) is 100 Å². The number of halogens is 1. The zero-order chi connectivity index (χ0) is 25.4. The van der Waals surface area contributed by atoms with Crippen LogP contribution in [-0.2, 0) is 22.6 Å². The van der Waals surface area contributed by atoms with Crippen molar-refractivity contribution < 1.29 is 14.3 Å². The van der Waals surface area contributed by atoms with E-state index in [9.17, 15) is 9.59 Å². The summed E-state index contributed by atoms with van der Waals surface area (Å²) in [6, 6.07) is 22.1. The lowest BCUT2D eigenvalue weighted by Gasteiger charge is -2.32. The maximum absolute atomic E-state index is 13.6. The number of ether oxygens (including phenoxy) is 1. The Kier molecular flexibility index (Phi) is 9.32. The van der Waals surface area contributed by atoms with Crippen LogP contribution in [-0.4, -0.2) is 35.4 Å². The van der Waals surface area contributed by atoms with E-state index in [2.05, 4.69) is 5.32 Å². The molecule has 0 aromatic heterocycles. The smallest absolute Gasteiger partial charge is 0.261 e. The maximum Gasteiger partial charge on any atom is 0.261 e. The van der Waals surface area contributed by atoms with E-state index in [-0.39, 0.29) is 31.0 Å². The second-order valence-electron chi connectivity index (χ2n) is 9.08.